The van der Waals surface area contributed by atoms with E-state index in [1.54, 1.807) is 30.8 Å². The molecule has 3 aromatic rings. The van der Waals surface area contributed by atoms with Gasteiger partial charge in [-0.15, -0.1) is 10.2 Å². The fraction of sp³-hybridized carbons (Fsp3) is 0.167. The Morgan fingerprint density at radius 3 is 2.69 bits per heavy atom. The van der Waals surface area contributed by atoms with E-state index >= 15 is 0 Å². The summed E-state index contributed by atoms with van der Waals surface area (Å²) in [4.78, 5) is 12.2. The van der Waals surface area contributed by atoms with Crippen LogP contribution in [-0.4, -0.2) is 22.2 Å². The number of carbonyl (C=O) groups excluding carboxylic acids is 1. The molecule has 1 N–H and O–H groups in total. The summed E-state index contributed by atoms with van der Waals surface area (Å²) in [7, 11) is 0. The predicted molar refractivity (Wildman–Crippen MR) is 101 cm³/mol. The third-order valence-electron chi connectivity index (χ3n) is 3.35. The molecular weight excluding hydrogens is 373 g/mol. The summed E-state index contributed by atoms with van der Waals surface area (Å²) in [5, 5.41) is 11.0. The highest BCUT2D eigenvalue weighted by molar-refractivity contribution is 8.00. The molecule has 3 rings (SSSR count). The van der Waals surface area contributed by atoms with Crippen molar-refractivity contribution in [2.45, 2.75) is 23.1 Å². The van der Waals surface area contributed by atoms with Gasteiger partial charge in [-0.2, -0.15) is 0 Å². The van der Waals surface area contributed by atoms with Crippen LogP contribution >= 0.6 is 23.1 Å². The first-order valence-electron chi connectivity index (χ1n) is 7.84. The maximum atomic E-state index is 13.6. The van der Waals surface area contributed by atoms with Gasteiger partial charge in [0.25, 0.3) is 5.91 Å². The summed E-state index contributed by atoms with van der Waals surface area (Å²) >= 11 is 2.83. The molecule has 0 aliphatic carbocycles. The number of nitrogens with zero attached hydrogens (tertiary/aromatic N) is 2. The Balaban J connectivity index is 1.53. The van der Waals surface area contributed by atoms with E-state index in [1.807, 2.05) is 30.3 Å². The van der Waals surface area contributed by atoms with Gasteiger partial charge in [0, 0.05) is 5.75 Å². The monoisotopic (exact) mass is 389 g/mol. The fourth-order valence-corrected chi connectivity index (χ4v) is 3.74. The van der Waals surface area contributed by atoms with Crippen molar-refractivity contribution >= 4 is 34.1 Å². The number of para-hydroxylation sites is 1. The van der Waals surface area contributed by atoms with Gasteiger partial charge >= 0.3 is 0 Å². The Morgan fingerprint density at radius 1 is 1.19 bits per heavy atom. The molecule has 0 fully saturated rings. The summed E-state index contributed by atoms with van der Waals surface area (Å²) < 4.78 is 19.7. The van der Waals surface area contributed by atoms with E-state index in [4.69, 9.17) is 4.74 Å². The maximum Gasteiger partial charge on any atom is 0.266 e. The molecule has 0 saturated carbocycles. The standard InChI is InChI=1S/C18H16FN3O2S2/c1-12(24-15-10-6-5-9-14(15)19)16(23)20-17-21-22-18(26-17)25-11-13-7-3-2-4-8-13/h2-10,12H,11H2,1H3,(H,20,21,23)/t12-/m1/s1. The molecule has 0 aliphatic rings. The number of nitrogens with one attached hydrogen (secondary N) is 1. The Labute approximate surface area is 158 Å². The molecule has 134 valence electrons. The quantitative estimate of drug-likeness (QED) is 0.480. The van der Waals surface area contributed by atoms with E-state index < -0.39 is 17.8 Å². The van der Waals surface area contributed by atoms with Crippen molar-refractivity contribution in [3.05, 3.63) is 66.0 Å². The molecule has 0 unspecified atom stereocenters. The number of anilines is 1. The molecule has 0 bridgehead atoms. The molecule has 0 spiro atoms. The number of ether oxygens (including phenoxy) is 1. The van der Waals surface area contributed by atoms with Crippen molar-refractivity contribution in [2.24, 2.45) is 0 Å². The molecule has 0 radical (unpaired) electrons. The minimum Gasteiger partial charge on any atom is -0.478 e. The largest absolute Gasteiger partial charge is 0.478 e. The lowest BCUT2D eigenvalue weighted by atomic mass is 10.2. The first kappa shape index (κ1) is 18.3. The first-order valence-corrected chi connectivity index (χ1v) is 9.64. The number of halogens is 1. The summed E-state index contributed by atoms with van der Waals surface area (Å²) in [5.74, 6) is -0.117. The van der Waals surface area contributed by atoms with Crippen LogP contribution in [0.4, 0.5) is 9.52 Å². The van der Waals surface area contributed by atoms with Crippen LogP contribution in [0.2, 0.25) is 0 Å². The molecule has 8 heteroatoms. The third kappa shape index (κ3) is 5.03. The van der Waals surface area contributed by atoms with E-state index in [9.17, 15) is 9.18 Å². The molecule has 0 saturated heterocycles. The summed E-state index contributed by atoms with van der Waals surface area (Å²) in [6, 6.07) is 16.0. The average molecular weight is 389 g/mol. The minimum absolute atomic E-state index is 0.0338. The molecule has 1 heterocycles. The highest BCUT2D eigenvalue weighted by Gasteiger charge is 2.18. The van der Waals surface area contributed by atoms with E-state index in [0.717, 1.165) is 10.1 Å². The summed E-state index contributed by atoms with van der Waals surface area (Å²) in [5.41, 5.74) is 1.19. The second-order valence-corrected chi connectivity index (χ2v) is 7.53. The Bertz CT molecular complexity index is 874. The highest BCUT2D eigenvalue weighted by Crippen LogP contribution is 2.28. The number of rotatable bonds is 7. The van der Waals surface area contributed by atoms with Gasteiger partial charge < -0.3 is 4.74 Å². The zero-order chi connectivity index (χ0) is 18.4. The van der Waals surface area contributed by atoms with E-state index in [1.165, 1.54) is 29.0 Å². The lowest BCUT2D eigenvalue weighted by molar-refractivity contribution is -0.122. The molecular formula is C18H16FN3O2S2. The van der Waals surface area contributed by atoms with Crippen molar-refractivity contribution in [3.63, 3.8) is 0 Å². The van der Waals surface area contributed by atoms with Crippen molar-refractivity contribution in [1.82, 2.24) is 10.2 Å². The molecule has 0 aliphatic heterocycles. The SMILES string of the molecule is C[C@@H](Oc1ccccc1F)C(=O)Nc1nnc(SCc2ccccc2)s1. The van der Waals surface area contributed by atoms with Crippen molar-refractivity contribution in [1.29, 1.82) is 0 Å². The maximum absolute atomic E-state index is 13.6. The topological polar surface area (TPSA) is 64.1 Å². The Kier molecular flexibility index (Phi) is 6.19. The molecule has 26 heavy (non-hydrogen) atoms. The minimum atomic E-state index is -0.865. The van der Waals surface area contributed by atoms with Crippen molar-refractivity contribution < 1.29 is 13.9 Å². The van der Waals surface area contributed by atoms with Crippen LogP contribution in [0.25, 0.3) is 0 Å². The zero-order valence-corrected chi connectivity index (χ0v) is 15.5. The van der Waals surface area contributed by atoms with Gasteiger partial charge in [0.15, 0.2) is 22.0 Å². The summed E-state index contributed by atoms with van der Waals surface area (Å²) in [6.45, 7) is 1.55. The van der Waals surface area contributed by atoms with Crippen LogP contribution < -0.4 is 10.1 Å². The molecule has 2 aromatic carbocycles. The number of thioether (sulfide) groups is 1. The van der Waals surface area contributed by atoms with Crippen molar-refractivity contribution in [3.8, 4) is 5.75 Å². The lowest BCUT2D eigenvalue weighted by Crippen LogP contribution is -2.30. The second-order valence-electron chi connectivity index (χ2n) is 5.33. The van der Waals surface area contributed by atoms with Crippen LogP contribution in [0.5, 0.6) is 5.75 Å². The van der Waals surface area contributed by atoms with Crippen LogP contribution in [0.15, 0.2) is 58.9 Å². The van der Waals surface area contributed by atoms with Gasteiger partial charge in [0.2, 0.25) is 5.13 Å². The number of hydrogen-bond donors (Lipinski definition) is 1. The summed E-state index contributed by atoms with van der Waals surface area (Å²) in [6.07, 6.45) is -0.865. The fourth-order valence-electron chi connectivity index (χ4n) is 2.03. The van der Waals surface area contributed by atoms with Gasteiger partial charge in [-0.1, -0.05) is 65.6 Å². The number of carbonyl (C=O) groups is 1. The van der Waals surface area contributed by atoms with E-state index in [0.29, 0.717) is 5.13 Å². The first-order chi connectivity index (χ1) is 12.6. The van der Waals surface area contributed by atoms with Gasteiger partial charge in [-0.3, -0.25) is 10.1 Å². The van der Waals surface area contributed by atoms with Gasteiger partial charge in [0.05, 0.1) is 0 Å². The Morgan fingerprint density at radius 2 is 1.92 bits per heavy atom. The van der Waals surface area contributed by atoms with E-state index in [2.05, 4.69) is 15.5 Å². The highest BCUT2D eigenvalue weighted by atomic mass is 32.2. The Hall–Kier alpha value is -2.45. The molecule has 5 nitrogen and oxygen atoms in total. The average Bonchev–Trinajstić information content (AvgIpc) is 3.10. The van der Waals surface area contributed by atoms with Gasteiger partial charge in [-0.05, 0) is 24.6 Å². The normalized spacial score (nSPS) is 11.8. The van der Waals surface area contributed by atoms with Crippen molar-refractivity contribution in [2.75, 3.05) is 5.32 Å². The zero-order valence-electron chi connectivity index (χ0n) is 13.9. The van der Waals surface area contributed by atoms with Crippen LogP contribution in [-0.2, 0) is 10.5 Å². The predicted octanol–water partition coefficient (Wildman–Crippen LogP) is 4.38. The molecule has 1 aromatic heterocycles. The van der Waals surface area contributed by atoms with Crippen LogP contribution in [0.3, 0.4) is 0 Å². The third-order valence-corrected chi connectivity index (χ3v) is 5.39. The van der Waals surface area contributed by atoms with E-state index in [-0.39, 0.29) is 5.75 Å². The van der Waals surface area contributed by atoms with Gasteiger partial charge in [-0.25, -0.2) is 4.39 Å². The number of benzene rings is 2. The van der Waals surface area contributed by atoms with Crippen LogP contribution in [0, 0.1) is 5.82 Å². The molecule has 1 atom stereocenters. The number of amides is 1. The van der Waals surface area contributed by atoms with Gasteiger partial charge in [0.1, 0.15) is 0 Å². The lowest BCUT2D eigenvalue weighted by Gasteiger charge is -2.13. The number of hydrogen-bond acceptors (Lipinski definition) is 6. The smallest absolute Gasteiger partial charge is 0.266 e. The van der Waals surface area contributed by atoms with Crippen LogP contribution in [0.1, 0.15) is 12.5 Å². The second kappa shape index (κ2) is 8.77. The number of aromatic nitrogens is 2. The molecule has 1 amide bonds.